The van der Waals surface area contributed by atoms with Crippen LogP contribution in [0.4, 0.5) is 8.78 Å². The second-order valence-corrected chi connectivity index (χ2v) is 3.19. The van der Waals surface area contributed by atoms with Gasteiger partial charge in [0.25, 0.3) is 5.92 Å². The zero-order valence-corrected chi connectivity index (χ0v) is 7.44. The number of halogens is 3. The van der Waals surface area contributed by atoms with E-state index >= 15 is 0 Å². The van der Waals surface area contributed by atoms with E-state index in [0.29, 0.717) is 0 Å². The summed E-state index contributed by atoms with van der Waals surface area (Å²) in [6, 6.07) is 0. The molecule has 0 aromatic carbocycles. The Morgan fingerprint density at radius 2 is 1.92 bits per heavy atom. The Morgan fingerprint density at radius 1 is 1.58 bits per heavy atom. The van der Waals surface area contributed by atoms with Gasteiger partial charge in [0.1, 0.15) is 0 Å². The second-order valence-electron chi connectivity index (χ2n) is 2.88. The zero-order chi connectivity index (χ0) is 9.83. The molecule has 0 aliphatic heterocycles. The van der Waals surface area contributed by atoms with Gasteiger partial charge in [-0.2, -0.15) is 0 Å². The van der Waals surface area contributed by atoms with Crippen LogP contribution in [0.5, 0.6) is 0 Å². The third-order valence-corrected chi connectivity index (χ3v) is 1.54. The van der Waals surface area contributed by atoms with Gasteiger partial charge >= 0.3 is 0 Å². The van der Waals surface area contributed by atoms with Gasteiger partial charge in [0, 0.05) is 12.8 Å². The molecule has 0 bridgehead atoms. The van der Waals surface area contributed by atoms with Crippen molar-refractivity contribution in [2.45, 2.75) is 24.3 Å². The van der Waals surface area contributed by atoms with E-state index in [1.54, 1.807) is 0 Å². The molecular formula is C6H12ClF2NO2. The molecule has 0 atom stereocenters. The first kappa shape index (κ1) is 12.0. The Balaban J connectivity index is 0.000000354. The number of hydrogen-bond donors (Lipinski definition) is 2. The average molecular weight is 204 g/mol. The van der Waals surface area contributed by atoms with Crippen molar-refractivity contribution in [2.75, 3.05) is 13.7 Å². The monoisotopic (exact) mass is 203 g/mol. The maximum Gasteiger partial charge on any atom is 0.251 e. The van der Waals surface area contributed by atoms with Gasteiger partial charge in [-0.15, -0.1) is 0 Å². The fourth-order valence-corrected chi connectivity index (χ4v) is 1.09. The molecule has 0 heterocycles. The van der Waals surface area contributed by atoms with E-state index < -0.39 is 11.5 Å². The molecule has 1 aliphatic rings. The van der Waals surface area contributed by atoms with Crippen molar-refractivity contribution >= 4 is 11.9 Å². The summed E-state index contributed by atoms with van der Waals surface area (Å²) in [5.74, 6) is -2.63. The lowest BCUT2D eigenvalue weighted by atomic mass is 9.75. The number of aliphatic hydroxyl groups excluding tert-OH is 1. The molecule has 0 amide bonds. The van der Waals surface area contributed by atoms with Gasteiger partial charge in [0.15, 0.2) is 0 Å². The number of aliphatic hydroxyl groups is 1. The second kappa shape index (κ2) is 4.32. The van der Waals surface area contributed by atoms with Crippen molar-refractivity contribution in [3.63, 3.8) is 0 Å². The van der Waals surface area contributed by atoms with E-state index in [1.165, 1.54) is 7.11 Å². The first-order valence-electron chi connectivity index (χ1n) is 3.31. The highest BCUT2D eigenvalue weighted by Crippen LogP contribution is 2.43. The van der Waals surface area contributed by atoms with Crippen molar-refractivity contribution in [3.05, 3.63) is 0 Å². The first-order chi connectivity index (χ1) is 5.39. The van der Waals surface area contributed by atoms with E-state index in [2.05, 4.69) is 16.2 Å². The molecule has 0 aromatic heterocycles. The van der Waals surface area contributed by atoms with Gasteiger partial charge in [0.2, 0.25) is 0 Å². The number of alkyl halides is 2. The van der Waals surface area contributed by atoms with Crippen molar-refractivity contribution in [2.24, 2.45) is 5.73 Å². The van der Waals surface area contributed by atoms with Crippen molar-refractivity contribution in [1.29, 1.82) is 0 Å². The lowest BCUT2D eigenvalue weighted by Crippen LogP contribution is -2.60. The minimum absolute atomic E-state index is 0.345. The summed E-state index contributed by atoms with van der Waals surface area (Å²) in [6.45, 7) is -0.345. The van der Waals surface area contributed by atoms with Gasteiger partial charge in [0.05, 0.1) is 31.1 Å². The quantitative estimate of drug-likeness (QED) is 0.666. The molecule has 1 saturated carbocycles. The molecule has 0 saturated heterocycles. The maximum absolute atomic E-state index is 12.0. The van der Waals surface area contributed by atoms with Crippen LogP contribution in [-0.2, 0) is 4.29 Å². The molecule has 74 valence electrons. The minimum Gasteiger partial charge on any atom is -0.394 e. The molecule has 6 heteroatoms. The molecule has 1 aliphatic carbocycles. The topological polar surface area (TPSA) is 55.5 Å². The smallest absolute Gasteiger partial charge is 0.251 e. The number of nitrogens with two attached hydrogens (primary N) is 1. The Kier molecular flexibility index (Phi) is 4.33. The van der Waals surface area contributed by atoms with E-state index in [4.69, 9.17) is 10.8 Å². The summed E-state index contributed by atoms with van der Waals surface area (Å²) in [7, 11) is 1.39. The molecule has 0 aromatic rings. The Bertz CT molecular complexity index is 138. The van der Waals surface area contributed by atoms with Crippen LogP contribution in [0.25, 0.3) is 0 Å². The molecule has 1 rings (SSSR count). The van der Waals surface area contributed by atoms with Crippen LogP contribution in [0.1, 0.15) is 12.8 Å². The number of hydrogen-bond acceptors (Lipinski definition) is 3. The van der Waals surface area contributed by atoms with Crippen molar-refractivity contribution in [1.82, 2.24) is 0 Å². The fraction of sp³-hybridized carbons (Fsp3) is 1.00. The van der Waals surface area contributed by atoms with Crippen LogP contribution in [0.2, 0.25) is 0 Å². The van der Waals surface area contributed by atoms with E-state index in [1.807, 2.05) is 0 Å². The van der Waals surface area contributed by atoms with Gasteiger partial charge in [-0.1, -0.05) is 0 Å². The third-order valence-electron chi connectivity index (χ3n) is 1.54. The standard InChI is InChI=1S/C5H9F2NO.CH3ClO/c6-5(7)1-4(8,2-5)3-9;1-3-2/h9H,1-3,8H2;1H3. The molecule has 0 unspecified atom stereocenters. The third kappa shape index (κ3) is 3.62. The highest BCUT2D eigenvalue weighted by molar-refractivity contribution is 6.07. The summed E-state index contributed by atoms with van der Waals surface area (Å²) >= 11 is 4.50. The van der Waals surface area contributed by atoms with Gasteiger partial charge < -0.3 is 10.8 Å². The first-order valence-corrected chi connectivity index (χ1v) is 3.62. The molecule has 3 N–H and O–H groups in total. The van der Waals surface area contributed by atoms with Gasteiger partial charge in [-0.25, -0.2) is 8.78 Å². The SMILES string of the molecule is COCl.NC1(CO)CC(F)(F)C1. The van der Waals surface area contributed by atoms with Gasteiger partial charge in [-0.05, 0) is 0 Å². The van der Waals surface area contributed by atoms with E-state index in [-0.39, 0.29) is 19.4 Å². The molecule has 1 fully saturated rings. The van der Waals surface area contributed by atoms with Gasteiger partial charge in [-0.3, -0.25) is 4.29 Å². The van der Waals surface area contributed by atoms with Crippen LogP contribution in [0.3, 0.4) is 0 Å². The summed E-state index contributed by atoms with van der Waals surface area (Å²) in [5.41, 5.74) is 4.25. The zero-order valence-electron chi connectivity index (χ0n) is 6.69. The molecule has 12 heavy (non-hydrogen) atoms. The Labute approximate surface area is 74.6 Å². The van der Waals surface area contributed by atoms with E-state index in [0.717, 1.165) is 0 Å². The fourth-order valence-electron chi connectivity index (χ4n) is 1.09. The number of rotatable bonds is 1. The summed E-state index contributed by atoms with van der Waals surface area (Å²) in [4.78, 5) is 0. The molecule has 0 radical (unpaired) electrons. The Morgan fingerprint density at radius 3 is 2.00 bits per heavy atom. The van der Waals surface area contributed by atoms with Crippen LogP contribution >= 0.6 is 11.9 Å². The highest BCUT2D eigenvalue weighted by atomic mass is 35.5. The predicted molar refractivity (Wildman–Crippen MR) is 41.0 cm³/mol. The molecule has 0 spiro atoms. The lowest BCUT2D eigenvalue weighted by molar-refractivity contribution is -0.134. The molecular weight excluding hydrogens is 192 g/mol. The van der Waals surface area contributed by atoms with Crippen molar-refractivity contribution < 1.29 is 18.2 Å². The molecule has 3 nitrogen and oxygen atoms in total. The minimum atomic E-state index is -2.63. The van der Waals surface area contributed by atoms with Crippen LogP contribution in [0, 0.1) is 0 Å². The summed E-state index contributed by atoms with van der Waals surface area (Å²) < 4.78 is 27.8. The Hall–Kier alpha value is 0.0300. The maximum atomic E-state index is 12.0. The predicted octanol–water partition coefficient (Wildman–Crippen LogP) is 0.892. The lowest BCUT2D eigenvalue weighted by Gasteiger charge is -2.42. The highest BCUT2D eigenvalue weighted by Gasteiger charge is 2.53. The summed E-state index contributed by atoms with van der Waals surface area (Å²) in [6.07, 6.45) is -0.757. The largest absolute Gasteiger partial charge is 0.394 e. The van der Waals surface area contributed by atoms with Crippen LogP contribution in [-0.4, -0.2) is 30.3 Å². The summed E-state index contributed by atoms with van der Waals surface area (Å²) in [5, 5.41) is 8.42. The normalized spacial score (nSPS) is 23.5. The van der Waals surface area contributed by atoms with E-state index in [9.17, 15) is 8.78 Å². The average Bonchev–Trinajstić information content (AvgIpc) is 1.85. The van der Waals surface area contributed by atoms with Crippen LogP contribution in [0.15, 0.2) is 0 Å². The van der Waals surface area contributed by atoms with Crippen molar-refractivity contribution in [3.8, 4) is 0 Å². The van der Waals surface area contributed by atoms with Crippen LogP contribution < -0.4 is 5.73 Å².